The van der Waals surface area contributed by atoms with E-state index < -0.39 is 52.3 Å². The Labute approximate surface area is 190 Å². The molecule has 0 N–H and O–H groups in total. The van der Waals surface area contributed by atoms with E-state index in [0.717, 1.165) is 30.5 Å². The Kier molecular flexibility index (Phi) is 7.44. The molecule has 0 fully saturated rings. The highest BCUT2D eigenvalue weighted by atomic mass is 19.4. The van der Waals surface area contributed by atoms with Crippen LogP contribution in [0.4, 0.5) is 30.7 Å². The zero-order valence-electron chi connectivity index (χ0n) is 17.6. The molecule has 0 aromatic heterocycles. The van der Waals surface area contributed by atoms with Crippen molar-refractivity contribution in [3.05, 3.63) is 94.6 Å². The molecule has 178 valence electrons. The summed E-state index contributed by atoms with van der Waals surface area (Å²) in [5.41, 5.74) is -0.402. The molecule has 0 saturated carbocycles. The smallest absolute Gasteiger partial charge is 0.409 e. The van der Waals surface area contributed by atoms with E-state index in [4.69, 9.17) is 0 Å². The van der Waals surface area contributed by atoms with Gasteiger partial charge in [-0.15, -0.1) is 0 Å². The van der Waals surface area contributed by atoms with Crippen molar-refractivity contribution in [1.29, 1.82) is 0 Å². The monoisotopic (exact) mass is 482 g/mol. The van der Waals surface area contributed by atoms with Gasteiger partial charge in [0.2, 0.25) is 0 Å². The minimum Gasteiger partial charge on any atom is -0.423 e. The van der Waals surface area contributed by atoms with E-state index in [1.54, 1.807) is 12.1 Å². The largest absolute Gasteiger partial charge is 0.423 e. The van der Waals surface area contributed by atoms with E-state index in [1.165, 1.54) is 0 Å². The number of carbonyl (C=O) groups is 1. The maximum Gasteiger partial charge on any atom is 0.409 e. The van der Waals surface area contributed by atoms with Crippen LogP contribution in [0, 0.1) is 23.3 Å². The maximum atomic E-state index is 14.6. The second-order valence-corrected chi connectivity index (χ2v) is 7.33. The Morgan fingerprint density at radius 2 is 1.41 bits per heavy atom. The molecule has 3 aromatic carbocycles. The van der Waals surface area contributed by atoms with E-state index in [2.05, 4.69) is 4.74 Å². The van der Waals surface area contributed by atoms with E-state index in [9.17, 15) is 35.5 Å². The van der Waals surface area contributed by atoms with Crippen LogP contribution in [0.15, 0.2) is 54.6 Å². The van der Waals surface area contributed by atoms with Gasteiger partial charge in [0, 0.05) is 23.8 Å². The van der Waals surface area contributed by atoms with Gasteiger partial charge in [-0.05, 0) is 41.3 Å². The third kappa shape index (κ3) is 6.03. The Balaban J connectivity index is 1.84. The molecular formula is C25H17F7O2. The van der Waals surface area contributed by atoms with Gasteiger partial charge in [-0.25, -0.2) is 22.4 Å². The van der Waals surface area contributed by atoms with Gasteiger partial charge < -0.3 is 4.74 Å². The number of rotatable bonds is 6. The predicted octanol–water partition coefficient (Wildman–Crippen LogP) is 7.66. The molecule has 0 spiro atoms. The Morgan fingerprint density at radius 1 is 0.853 bits per heavy atom. The summed E-state index contributed by atoms with van der Waals surface area (Å²) in [6.45, 7) is 2.01. The summed E-state index contributed by atoms with van der Waals surface area (Å²) in [6.07, 6.45) is -3.23. The fraction of sp³-hybridized carbons (Fsp3) is 0.160. The first-order valence-corrected chi connectivity index (χ1v) is 10.0. The van der Waals surface area contributed by atoms with Gasteiger partial charge in [0.25, 0.3) is 0 Å². The normalized spacial score (nSPS) is 11.8. The molecule has 9 heteroatoms. The highest BCUT2D eigenvalue weighted by molar-refractivity contribution is 5.92. The SMILES string of the molecule is CCCc1ccc(-c2cc(F)c(C(=O)Oc3cc(F)c(/C=C/C(F)(F)F)c(F)c3)c(F)c2)cc1. The second-order valence-electron chi connectivity index (χ2n) is 7.33. The standard InChI is InChI=1S/C25H17F7O2/c1-2-3-14-4-6-15(7-5-14)16-10-21(28)23(22(29)11-16)24(33)34-17-12-19(26)18(20(27)13-17)8-9-25(30,31)32/h4-13H,2-3H2,1H3/b9-8+. The summed E-state index contributed by atoms with van der Waals surface area (Å²) in [4.78, 5) is 12.3. The van der Waals surface area contributed by atoms with Gasteiger partial charge >= 0.3 is 12.1 Å². The third-order valence-corrected chi connectivity index (χ3v) is 4.77. The number of alkyl halides is 3. The van der Waals surface area contributed by atoms with Crippen LogP contribution >= 0.6 is 0 Å². The maximum absolute atomic E-state index is 14.6. The van der Waals surface area contributed by atoms with Gasteiger partial charge in [0.05, 0.1) is 0 Å². The van der Waals surface area contributed by atoms with Crippen LogP contribution in [-0.4, -0.2) is 12.1 Å². The minimum absolute atomic E-state index is 0.160. The van der Waals surface area contributed by atoms with Crippen LogP contribution in [0.5, 0.6) is 5.75 Å². The number of allylic oxidation sites excluding steroid dienone is 1. The highest BCUT2D eigenvalue weighted by Crippen LogP contribution is 2.28. The van der Waals surface area contributed by atoms with Gasteiger partial charge in [-0.2, -0.15) is 13.2 Å². The van der Waals surface area contributed by atoms with Crippen molar-refractivity contribution in [2.45, 2.75) is 25.9 Å². The number of halogens is 7. The lowest BCUT2D eigenvalue weighted by Crippen LogP contribution is -2.14. The third-order valence-electron chi connectivity index (χ3n) is 4.77. The van der Waals surface area contributed by atoms with Crippen LogP contribution < -0.4 is 4.74 Å². The van der Waals surface area contributed by atoms with Crippen molar-refractivity contribution in [1.82, 2.24) is 0 Å². The molecule has 0 aliphatic carbocycles. The molecule has 34 heavy (non-hydrogen) atoms. The summed E-state index contributed by atoms with van der Waals surface area (Å²) in [5, 5.41) is 0. The predicted molar refractivity (Wildman–Crippen MR) is 112 cm³/mol. The highest BCUT2D eigenvalue weighted by Gasteiger charge is 2.24. The van der Waals surface area contributed by atoms with E-state index in [0.29, 0.717) is 17.7 Å². The van der Waals surface area contributed by atoms with Crippen molar-refractivity contribution in [2.75, 3.05) is 0 Å². The van der Waals surface area contributed by atoms with Crippen LogP contribution in [0.3, 0.4) is 0 Å². The van der Waals surface area contributed by atoms with Crippen LogP contribution in [0.2, 0.25) is 0 Å². The molecule has 3 aromatic rings. The average Bonchev–Trinajstić information content (AvgIpc) is 2.72. The lowest BCUT2D eigenvalue weighted by atomic mass is 10.0. The van der Waals surface area contributed by atoms with E-state index >= 15 is 0 Å². The van der Waals surface area contributed by atoms with Gasteiger partial charge in [-0.3, -0.25) is 0 Å². The molecule has 0 heterocycles. The molecule has 0 aliphatic heterocycles. The molecule has 0 aliphatic rings. The zero-order valence-corrected chi connectivity index (χ0v) is 17.6. The fourth-order valence-corrected chi connectivity index (χ4v) is 3.20. The number of hydrogen-bond donors (Lipinski definition) is 0. The number of benzene rings is 3. The Hall–Kier alpha value is -3.62. The van der Waals surface area contributed by atoms with Gasteiger partial charge in [0.1, 0.15) is 34.6 Å². The van der Waals surface area contributed by atoms with Crippen molar-refractivity contribution < 1.29 is 40.3 Å². The minimum atomic E-state index is -4.80. The number of aryl methyl sites for hydroxylation is 1. The quantitative estimate of drug-likeness (QED) is 0.205. The summed E-state index contributed by atoms with van der Waals surface area (Å²) < 4.78 is 98.6. The average molecular weight is 482 g/mol. The van der Waals surface area contributed by atoms with E-state index in [1.807, 2.05) is 19.1 Å². The molecule has 0 bridgehead atoms. The number of ether oxygens (including phenoxy) is 1. The van der Waals surface area contributed by atoms with E-state index in [-0.39, 0.29) is 17.7 Å². The molecule has 0 unspecified atom stereocenters. The molecular weight excluding hydrogens is 465 g/mol. The first-order chi connectivity index (χ1) is 16.0. The number of hydrogen-bond acceptors (Lipinski definition) is 2. The first-order valence-electron chi connectivity index (χ1n) is 10.0. The second kappa shape index (κ2) is 10.1. The molecule has 3 rings (SSSR count). The molecule has 0 saturated heterocycles. The summed E-state index contributed by atoms with van der Waals surface area (Å²) >= 11 is 0. The fourth-order valence-electron chi connectivity index (χ4n) is 3.20. The number of carbonyl (C=O) groups excluding carboxylic acids is 1. The zero-order chi connectivity index (χ0) is 25.0. The van der Waals surface area contributed by atoms with Gasteiger partial charge in [0.15, 0.2) is 0 Å². The Morgan fingerprint density at radius 3 is 1.91 bits per heavy atom. The first kappa shape index (κ1) is 25.0. The molecule has 0 radical (unpaired) electrons. The van der Waals surface area contributed by atoms with Gasteiger partial charge in [-0.1, -0.05) is 37.6 Å². The van der Waals surface area contributed by atoms with Crippen molar-refractivity contribution in [3.63, 3.8) is 0 Å². The summed E-state index contributed by atoms with van der Waals surface area (Å²) in [7, 11) is 0. The van der Waals surface area contributed by atoms with Crippen LogP contribution in [0.1, 0.15) is 34.8 Å². The lowest BCUT2D eigenvalue weighted by molar-refractivity contribution is -0.0790. The summed E-state index contributed by atoms with van der Waals surface area (Å²) in [6, 6.07) is 9.68. The summed E-state index contributed by atoms with van der Waals surface area (Å²) in [5.74, 6) is -7.81. The van der Waals surface area contributed by atoms with Crippen LogP contribution in [-0.2, 0) is 6.42 Å². The molecule has 0 amide bonds. The van der Waals surface area contributed by atoms with Crippen molar-refractivity contribution >= 4 is 12.0 Å². The topological polar surface area (TPSA) is 26.3 Å². The van der Waals surface area contributed by atoms with Crippen molar-refractivity contribution in [3.8, 4) is 16.9 Å². The van der Waals surface area contributed by atoms with Crippen molar-refractivity contribution in [2.24, 2.45) is 0 Å². The Bertz CT molecular complexity index is 1180. The molecule has 2 nitrogen and oxygen atoms in total. The van der Waals surface area contributed by atoms with Crippen LogP contribution in [0.25, 0.3) is 17.2 Å². The molecule has 0 atom stereocenters. The number of esters is 1. The lowest BCUT2D eigenvalue weighted by Gasteiger charge is -2.10.